The fraction of sp³-hybridized carbons (Fsp3) is 0.389. The number of hydrogen-bond donors (Lipinski definition) is 1. The number of para-hydroxylation sites is 1. The highest BCUT2D eigenvalue weighted by atomic mass is 16.6. The van der Waals surface area contributed by atoms with Gasteiger partial charge < -0.3 is 19.2 Å². The van der Waals surface area contributed by atoms with E-state index in [1.54, 1.807) is 24.0 Å². The second kappa shape index (κ2) is 6.87. The van der Waals surface area contributed by atoms with Gasteiger partial charge in [-0.1, -0.05) is 18.2 Å². The molecule has 1 fully saturated rings. The van der Waals surface area contributed by atoms with E-state index in [9.17, 15) is 9.90 Å². The summed E-state index contributed by atoms with van der Waals surface area (Å²) in [5.41, 5.74) is 0. The van der Waals surface area contributed by atoms with Crippen molar-refractivity contribution in [1.82, 2.24) is 4.90 Å². The van der Waals surface area contributed by atoms with Gasteiger partial charge in [0.2, 0.25) is 0 Å². The number of aliphatic hydroxyl groups excluding tert-OH is 1. The average Bonchev–Trinajstić information content (AvgIpc) is 3.17. The number of furan rings is 1. The number of hydrogen-bond acceptors (Lipinski definition) is 4. The Morgan fingerprint density at radius 2 is 2.13 bits per heavy atom. The molecule has 1 aromatic heterocycles. The van der Waals surface area contributed by atoms with Gasteiger partial charge in [-0.3, -0.25) is 4.79 Å². The molecule has 0 saturated carbocycles. The molecule has 2 unspecified atom stereocenters. The van der Waals surface area contributed by atoms with Crippen LogP contribution >= 0.6 is 0 Å². The zero-order chi connectivity index (χ0) is 16.2. The Morgan fingerprint density at radius 1 is 1.35 bits per heavy atom. The molecule has 0 bridgehead atoms. The van der Waals surface area contributed by atoms with Gasteiger partial charge in [0.1, 0.15) is 5.75 Å². The molecule has 1 amide bonds. The fourth-order valence-electron chi connectivity index (χ4n) is 2.98. The summed E-state index contributed by atoms with van der Waals surface area (Å²) >= 11 is 0. The first-order chi connectivity index (χ1) is 11.1. The highest BCUT2D eigenvalue weighted by molar-refractivity contribution is 5.92. The second-order valence-corrected chi connectivity index (χ2v) is 5.91. The minimum Gasteiger partial charge on any atom is -0.426 e. The van der Waals surface area contributed by atoms with Crippen molar-refractivity contribution in [2.45, 2.75) is 38.3 Å². The minimum atomic E-state index is -0.415. The molecule has 23 heavy (non-hydrogen) atoms. The number of likely N-dealkylation sites (tertiary alicyclic amines) is 1. The number of ether oxygens (including phenoxy) is 1. The van der Waals surface area contributed by atoms with Crippen molar-refractivity contribution in [3.05, 3.63) is 48.2 Å². The summed E-state index contributed by atoms with van der Waals surface area (Å²) < 4.78 is 11.1. The smallest absolute Gasteiger partial charge is 0.290 e. The molecular weight excluding hydrogens is 294 g/mol. The molecule has 0 aliphatic carbocycles. The Morgan fingerprint density at radius 3 is 2.87 bits per heavy atom. The normalized spacial score (nSPS) is 18.9. The Bertz CT molecular complexity index is 650. The number of amides is 1. The number of carbonyl (C=O) groups is 1. The van der Waals surface area contributed by atoms with Crippen LogP contribution in [0.15, 0.2) is 46.9 Å². The van der Waals surface area contributed by atoms with Crippen molar-refractivity contribution in [3.8, 4) is 11.7 Å². The van der Waals surface area contributed by atoms with E-state index in [1.165, 1.54) is 0 Å². The number of aliphatic hydroxyl groups is 1. The molecule has 1 N–H and O–H groups in total. The first-order valence-corrected chi connectivity index (χ1v) is 7.95. The number of nitrogens with zero attached hydrogens (tertiary/aromatic N) is 1. The van der Waals surface area contributed by atoms with Crippen molar-refractivity contribution < 1.29 is 19.1 Å². The lowest BCUT2D eigenvalue weighted by molar-refractivity contribution is 0.0646. The van der Waals surface area contributed by atoms with E-state index in [0.717, 1.165) is 12.8 Å². The third-order valence-corrected chi connectivity index (χ3v) is 4.00. The van der Waals surface area contributed by atoms with Gasteiger partial charge in [0.15, 0.2) is 5.76 Å². The van der Waals surface area contributed by atoms with Gasteiger partial charge in [0.05, 0.1) is 6.10 Å². The van der Waals surface area contributed by atoms with E-state index >= 15 is 0 Å². The molecule has 122 valence electrons. The van der Waals surface area contributed by atoms with Crippen molar-refractivity contribution in [3.63, 3.8) is 0 Å². The fourth-order valence-corrected chi connectivity index (χ4v) is 2.98. The third-order valence-electron chi connectivity index (χ3n) is 4.00. The van der Waals surface area contributed by atoms with Gasteiger partial charge in [-0.25, -0.2) is 0 Å². The summed E-state index contributed by atoms with van der Waals surface area (Å²) in [6, 6.07) is 12.7. The van der Waals surface area contributed by atoms with Crippen LogP contribution in [-0.2, 0) is 0 Å². The lowest BCUT2D eigenvalue weighted by atomic mass is 10.1. The molecule has 1 aliphatic heterocycles. The van der Waals surface area contributed by atoms with Crippen LogP contribution in [0.25, 0.3) is 0 Å². The predicted octanol–water partition coefficient (Wildman–Crippen LogP) is 3.45. The number of rotatable bonds is 5. The number of benzene rings is 1. The molecule has 1 saturated heterocycles. The highest BCUT2D eigenvalue weighted by Gasteiger charge is 2.31. The summed E-state index contributed by atoms with van der Waals surface area (Å²) in [7, 11) is 0. The third kappa shape index (κ3) is 3.74. The lowest BCUT2D eigenvalue weighted by Gasteiger charge is -2.24. The number of carbonyl (C=O) groups excluding carboxylic acids is 1. The summed E-state index contributed by atoms with van der Waals surface area (Å²) in [5, 5.41) is 9.57. The van der Waals surface area contributed by atoms with E-state index in [0.29, 0.717) is 24.7 Å². The standard InChI is InChI=1S/C18H21NO4/c1-13(20)12-14-6-5-11-19(14)18(21)16-9-10-17(23-16)22-15-7-3-2-4-8-15/h2-4,7-10,13-14,20H,5-6,11-12H2,1H3. The van der Waals surface area contributed by atoms with E-state index in [1.807, 2.05) is 30.3 Å². The largest absolute Gasteiger partial charge is 0.426 e. The van der Waals surface area contributed by atoms with Crippen molar-refractivity contribution >= 4 is 5.91 Å². The molecule has 2 heterocycles. The average molecular weight is 315 g/mol. The van der Waals surface area contributed by atoms with Gasteiger partial charge in [0, 0.05) is 18.7 Å². The van der Waals surface area contributed by atoms with Gasteiger partial charge in [0.25, 0.3) is 11.9 Å². The molecule has 1 aromatic carbocycles. The SMILES string of the molecule is CC(O)CC1CCCN1C(=O)c1ccc(Oc2ccccc2)o1. The van der Waals surface area contributed by atoms with Crippen LogP contribution in [0.5, 0.6) is 11.7 Å². The zero-order valence-corrected chi connectivity index (χ0v) is 13.1. The Hall–Kier alpha value is -2.27. The van der Waals surface area contributed by atoms with Crippen molar-refractivity contribution in [2.24, 2.45) is 0 Å². The molecule has 2 atom stereocenters. The molecule has 3 rings (SSSR count). The summed E-state index contributed by atoms with van der Waals surface area (Å²) in [4.78, 5) is 14.4. The maximum atomic E-state index is 12.6. The topological polar surface area (TPSA) is 62.9 Å². The molecule has 5 nitrogen and oxygen atoms in total. The molecule has 2 aromatic rings. The van der Waals surface area contributed by atoms with E-state index in [-0.39, 0.29) is 17.7 Å². The first-order valence-electron chi connectivity index (χ1n) is 7.95. The summed E-state index contributed by atoms with van der Waals surface area (Å²) in [6.45, 7) is 2.45. The van der Waals surface area contributed by atoms with E-state index < -0.39 is 6.10 Å². The molecule has 1 aliphatic rings. The van der Waals surface area contributed by atoms with E-state index in [4.69, 9.17) is 9.15 Å². The lowest BCUT2D eigenvalue weighted by Crippen LogP contribution is -2.37. The Balaban J connectivity index is 1.68. The van der Waals surface area contributed by atoms with Gasteiger partial charge in [-0.15, -0.1) is 0 Å². The maximum absolute atomic E-state index is 12.6. The second-order valence-electron chi connectivity index (χ2n) is 5.91. The molecule has 0 radical (unpaired) electrons. The molecule has 0 spiro atoms. The maximum Gasteiger partial charge on any atom is 0.290 e. The molecule has 5 heteroatoms. The van der Waals surface area contributed by atoms with Crippen LogP contribution in [0.2, 0.25) is 0 Å². The van der Waals surface area contributed by atoms with Crippen molar-refractivity contribution in [2.75, 3.05) is 6.54 Å². The first kappa shape index (κ1) is 15.6. The van der Waals surface area contributed by atoms with Gasteiger partial charge in [-0.05, 0) is 44.4 Å². The predicted molar refractivity (Wildman–Crippen MR) is 85.6 cm³/mol. The highest BCUT2D eigenvalue weighted by Crippen LogP contribution is 2.27. The Kier molecular flexibility index (Phi) is 4.67. The van der Waals surface area contributed by atoms with Crippen LogP contribution in [0, 0.1) is 0 Å². The van der Waals surface area contributed by atoms with Crippen molar-refractivity contribution in [1.29, 1.82) is 0 Å². The van der Waals surface area contributed by atoms with Gasteiger partial charge >= 0.3 is 0 Å². The van der Waals surface area contributed by atoms with Gasteiger partial charge in [-0.2, -0.15) is 0 Å². The van der Waals surface area contributed by atoms with Crippen LogP contribution < -0.4 is 4.74 Å². The summed E-state index contributed by atoms with van der Waals surface area (Å²) in [5.74, 6) is 1.09. The van der Waals surface area contributed by atoms with Crippen LogP contribution in [-0.4, -0.2) is 34.6 Å². The Labute approximate surface area is 135 Å². The quantitative estimate of drug-likeness (QED) is 0.918. The summed E-state index contributed by atoms with van der Waals surface area (Å²) in [6.07, 6.45) is 2.06. The monoisotopic (exact) mass is 315 g/mol. The minimum absolute atomic E-state index is 0.0751. The van der Waals surface area contributed by atoms with Crippen LogP contribution in [0.4, 0.5) is 0 Å². The van der Waals surface area contributed by atoms with Crippen LogP contribution in [0.3, 0.4) is 0 Å². The van der Waals surface area contributed by atoms with E-state index in [2.05, 4.69) is 0 Å². The van der Waals surface area contributed by atoms with Crippen LogP contribution in [0.1, 0.15) is 36.7 Å². The zero-order valence-electron chi connectivity index (χ0n) is 13.1. The molecular formula is C18H21NO4.